The monoisotopic (exact) mass is 582 g/mol. The van der Waals surface area contributed by atoms with E-state index in [-0.39, 0.29) is 0 Å². The number of rotatable bonds is 1. The predicted octanol–water partition coefficient (Wildman–Crippen LogP) is 11.8. The molecule has 0 fully saturated rings. The van der Waals surface area contributed by atoms with Gasteiger partial charge < -0.3 is 4.74 Å². The van der Waals surface area contributed by atoms with Gasteiger partial charge >= 0.3 is 0 Å². The van der Waals surface area contributed by atoms with E-state index in [0.717, 1.165) is 22.6 Å². The van der Waals surface area contributed by atoms with Crippen molar-refractivity contribution >= 4 is 21.5 Å². The lowest BCUT2D eigenvalue weighted by molar-refractivity contribution is 0.489. The van der Waals surface area contributed by atoms with E-state index >= 15 is 0 Å². The van der Waals surface area contributed by atoms with Gasteiger partial charge in [-0.1, -0.05) is 140 Å². The molecule has 1 spiro atoms. The highest BCUT2D eigenvalue weighted by Crippen LogP contribution is 2.64. The fourth-order valence-corrected chi connectivity index (χ4v) is 8.88. The molecule has 3 aliphatic rings. The van der Waals surface area contributed by atoms with Crippen molar-refractivity contribution in [1.82, 2.24) is 0 Å². The summed E-state index contributed by atoms with van der Waals surface area (Å²) in [4.78, 5) is 0. The smallest absolute Gasteiger partial charge is 0.143 e. The topological polar surface area (TPSA) is 9.23 Å². The molecule has 0 saturated heterocycles. The third kappa shape index (κ3) is 2.87. The van der Waals surface area contributed by atoms with E-state index in [0.29, 0.717) is 0 Å². The molecule has 1 atom stereocenters. The summed E-state index contributed by atoms with van der Waals surface area (Å²) in [5, 5.41) is 4.98. The summed E-state index contributed by atoms with van der Waals surface area (Å²) < 4.78 is 6.76. The highest BCUT2D eigenvalue weighted by molar-refractivity contribution is 6.08. The first-order chi connectivity index (χ1) is 22.8. The summed E-state index contributed by atoms with van der Waals surface area (Å²) in [6.45, 7) is 0. The van der Waals surface area contributed by atoms with Crippen LogP contribution in [0.1, 0.15) is 22.3 Å². The third-order valence-corrected chi connectivity index (χ3v) is 10.7. The third-order valence-electron chi connectivity index (χ3n) is 10.7. The van der Waals surface area contributed by atoms with Crippen molar-refractivity contribution in [2.45, 2.75) is 5.41 Å². The van der Waals surface area contributed by atoms with Gasteiger partial charge in [-0.05, 0) is 90.0 Å². The van der Waals surface area contributed by atoms with Crippen LogP contribution in [0.3, 0.4) is 0 Å². The molecule has 1 aliphatic heterocycles. The molecule has 1 heteroatoms. The molecule has 0 aromatic heterocycles. The minimum atomic E-state index is -0.391. The molecule has 0 radical (unpaired) electrons. The minimum absolute atomic E-state index is 0.391. The van der Waals surface area contributed by atoms with E-state index in [1.165, 1.54) is 77.2 Å². The van der Waals surface area contributed by atoms with E-state index in [9.17, 15) is 0 Å². The molecule has 212 valence electrons. The zero-order valence-corrected chi connectivity index (χ0v) is 24.9. The summed E-state index contributed by atoms with van der Waals surface area (Å²) in [5.41, 5.74) is 15.0. The summed E-state index contributed by atoms with van der Waals surface area (Å²) in [5.74, 6) is 1.85. The van der Waals surface area contributed by atoms with Crippen molar-refractivity contribution in [2.24, 2.45) is 0 Å². The Bertz CT molecular complexity index is 2630. The molecule has 8 aromatic rings. The fraction of sp³-hybridized carbons (Fsp3) is 0.0222. The summed E-state index contributed by atoms with van der Waals surface area (Å²) in [6.07, 6.45) is 0. The van der Waals surface area contributed by atoms with Crippen LogP contribution in [0.25, 0.3) is 66.1 Å². The van der Waals surface area contributed by atoms with Crippen LogP contribution in [-0.2, 0) is 5.41 Å². The lowest BCUT2D eigenvalue weighted by Gasteiger charge is -2.31. The van der Waals surface area contributed by atoms with Crippen LogP contribution in [0.5, 0.6) is 11.5 Å². The van der Waals surface area contributed by atoms with Crippen LogP contribution < -0.4 is 4.74 Å². The number of ether oxygens (including phenoxy) is 1. The van der Waals surface area contributed by atoms with Crippen LogP contribution in [0, 0.1) is 0 Å². The van der Waals surface area contributed by atoms with Gasteiger partial charge in [0.15, 0.2) is 0 Å². The number of hydrogen-bond donors (Lipinski definition) is 0. The Balaban J connectivity index is 1.22. The fourth-order valence-electron chi connectivity index (χ4n) is 8.88. The van der Waals surface area contributed by atoms with Crippen LogP contribution in [-0.4, -0.2) is 0 Å². The maximum Gasteiger partial charge on any atom is 0.143 e. The van der Waals surface area contributed by atoms with Gasteiger partial charge in [0, 0.05) is 16.5 Å². The van der Waals surface area contributed by atoms with Gasteiger partial charge in [-0.15, -0.1) is 0 Å². The maximum atomic E-state index is 6.76. The van der Waals surface area contributed by atoms with Crippen LogP contribution >= 0.6 is 0 Å². The molecule has 1 nitrogen and oxygen atoms in total. The summed E-state index contributed by atoms with van der Waals surface area (Å²) in [7, 11) is 0. The first-order valence-electron chi connectivity index (χ1n) is 16.0. The predicted molar refractivity (Wildman–Crippen MR) is 189 cm³/mol. The molecule has 0 amide bonds. The molecule has 46 heavy (non-hydrogen) atoms. The van der Waals surface area contributed by atoms with Gasteiger partial charge in [0.25, 0.3) is 0 Å². The Labute approximate surface area is 267 Å². The molecule has 2 aliphatic carbocycles. The van der Waals surface area contributed by atoms with Crippen LogP contribution in [0.15, 0.2) is 158 Å². The molecule has 8 aromatic carbocycles. The van der Waals surface area contributed by atoms with Crippen molar-refractivity contribution < 1.29 is 4.74 Å². The highest BCUT2D eigenvalue weighted by Gasteiger charge is 2.52. The van der Waals surface area contributed by atoms with Gasteiger partial charge in [0.05, 0.1) is 5.41 Å². The Morgan fingerprint density at radius 1 is 0.391 bits per heavy atom. The second kappa shape index (κ2) is 8.62. The summed E-state index contributed by atoms with van der Waals surface area (Å²) in [6, 6.07) is 58.2. The first kappa shape index (κ1) is 24.4. The Kier molecular flexibility index (Phi) is 4.57. The number of benzene rings is 8. The first-order valence-corrected chi connectivity index (χ1v) is 16.0. The van der Waals surface area contributed by atoms with Gasteiger partial charge in [-0.25, -0.2) is 0 Å². The van der Waals surface area contributed by atoms with Gasteiger partial charge in [0.2, 0.25) is 0 Å². The average Bonchev–Trinajstić information content (AvgIpc) is 3.59. The molecule has 0 N–H and O–H groups in total. The number of fused-ring (bicyclic) bond motifs is 14. The number of hydrogen-bond acceptors (Lipinski definition) is 1. The Hall–Kier alpha value is -5.92. The van der Waals surface area contributed by atoms with Gasteiger partial charge in [0.1, 0.15) is 11.5 Å². The zero-order chi connectivity index (χ0) is 30.0. The molecule has 11 rings (SSSR count). The Morgan fingerprint density at radius 3 is 1.89 bits per heavy atom. The van der Waals surface area contributed by atoms with Crippen molar-refractivity contribution in [3.8, 4) is 56.0 Å². The molecule has 1 unspecified atom stereocenters. The Morgan fingerprint density at radius 2 is 1.02 bits per heavy atom. The van der Waals surface area contributed by atoms with Gasteiger partial charge in [-0.2, -0.15) is 0 Å². The van der Waals surface area contributed by atoms with Crippen molar-refractivity contribution in [2.75, 3.05) is 0 Å². The molecule has 0 saturated carbocycles. The van der Waals surface area contributed by atoms with Crippen LogP contribution in [0.2, 0.25) is 0 Å². The van der Waals surface area contributed by atoms with Crippen molar-refractivity contribution in [3.63, 3.8) is 0 Å². The normalized spacial score (nSPS) is 16.1. The van der Waals surface area contributed by atoms with Gasteiger partial charge in [-0.3, -0.25) is 0 Å². The van der Waals surface area contributed by atoms with E-state index in [4.69, 9.17) is 4.74 Å². The quantitative estimate of drug-likeness (QED) is 0.187. The lowest BCUT2D eigenvalue weighted by Crippen LogP contribution is -2.26. The molecule has 0 bridgehead atoms. The second-order valence-electron chi connectivity index (χ2n) is 12.8. The van der Waals surface area contributed by atoms with Crippen molar-refractivity contribution in [1.29, 1.82) is 0 Å². The largest absolute Gasteiger partial charge is 0.455 e. The van der Waals surface area contributed by atoms with E-state index in [1.807, 2.05) is 0 Å². The summed E-state index contributed by atoms with van der Waals surface area (Å²) >= 11 is 0. The minimum Gasteiger partial charge on any atom is -0.455 e. The average molecular weight is 583 g/mol. The maximum absolute atomic E-state index is 6.76. The molecular weight excluding hydrogens is 556 g/mol. The molecule has 1 heterocycles. The van der Waals surface area contributed by atoms with E-state index in [2.05, 4.69) is 158 Å². The zero-order valence-electron chi connectivity index (χ0n) is 24.9. The second-order valence-corrected chi connectivity index (χ2v) is 12.8. The lowest BCUT2D eigenvalue weighted by atomic mass is 9.69. The van der Waals surface area contributed by atoms with Crippen molar-refractivity contribution in [3.05, 3.63) is 180 Å². The van der Waals surface area contributed by atoms with E-state index < -0.39 is 5.41 Å². The highest BCUT2D eigenvalue weighted by atomic mass is 16.5. The molecular formula is C45H26O. The van der Waals surface area contributed by atoms with E-state index in [1.54, 1.807) is 0 Å². The SMILES string of the molecule is c1ccc2c(c1)Oc1c(-c3ccc4c(c3)-c3ccccc3C43c4ccccc4-c4ccc5ccccc5c43)ccc3cccc-2c13. The number of para-hydroxylation sites is 1. The van der Waals surface area contributed by atoms with Crippen LogP contribution in [0.4, 0.5) is 0 Å². The standard InChI is InChI=1S/C45H26O/c1-2-12-30-27(10-1)20-24-36-32-13-3-6-17-38(32)45(43(30)36)39-18-7-4-14-33(39)37-26-29(22-25-40(37)45)31-23-21-28-11-9-16-35-34-15-5-8-19-41(34)46-44(31)42(28)35/h1-26H.